The Morgan fingerprint density at radius 1 is 1.30 bits per heavy atom. The topological polar surface area (TPSA) is 24.9 Å². The Morgan fingerprint density at radius 3 is 2.50 bits per heavy atom. The maximum atomic E-state index is 5.00. The van der Waals surface area contributed by atoms with Gasteiger partial charge in [-0.25, -0.2) is 4.98 Å². The summed E-state index contributed by atoms with van der Waals surface area (Å²) in [5.74, 6) is 2.69. The molecule has 1 aromatic rings. The summed E-state index contributed by atoms with van der Waals surface area (Å²) in [6.07, 6.45) is 3.89. The van der Waals surface area contributed by atoms with E-state index in [0.717, 1.165) is 5.92 Å². The number of aromatic nitrogens is 1. The van der Waals surface area contributed by atoms with Crippen LogP contribution in [0.25, 0.3) is 0 Å². The first-order chi connectivity index (χ1) is 9.40. The zero-order chi connectivity index (χ0) is 14.9. The average Bonchev–Trinajstić information content (AvgIpc) is 2.88. The van der Waals surface area contributed by atoms with E-state index in [4.69, 9.17) is 4.98 Å². The van der Waals surface area contributed by atoms with Gasteiger partial charge >= 0.3 is 0 Å². The predicted molar refractivity (Wildman–Crippen MR) is 88.3 cm³/mol. The van der Waals surface area contributed by atoms with Gasteiger partial charge in [-0.3, -0.25) is 0 Å². The van der Waals surface area contributed by atoms with Crippen molar-refractivity contribution >= 4 is 11.3 Å². The van der Waals surface area contributed by atoms with Gasteiger partial charge in [0.25, 0.3) is 0 Å². The molecule has 1 saturated carbocycles. The Kier molecular flexibility index (Phi) is 4.91. The van der Waals surface area contributed by atoms with Crippen LogP contribution in [0, 0.1) is 17.8 Å². The molecule has 1 N–H and O–H groups in total. The summed E-state index contributed by atoms with van der Waals surface area (Å²) in [5.41, 5.74) is 1.34. The first-order valence-corrected chi connectivity index (χ1v) is 8.93. The van der Waals surface area contributed by atoms with Crippen LogP contribution < -0.4 is 5.32 Å². The van der Waals surface area contributed by atoms with E-state index in [1.54, 1.807) is 0 Å². The van der Waals surface area contributed by atoms with Gasteiger partial charge in [0.1, 0.15) is 5.01 Å². The van der Waals surface area contributed by atoms with Crippen LogP contribution >= 0.6 is 11.3 Å². The highest BCUT2D eigenvalue weighted by Gasteiger charge is 2.46. The van der Waals surface area contributed by atoms with Crippen molar-refractivity contribution in [3.05, 3.63) is 16.1 Å². The fraction of sp³-hybridized carbons (Fsp3) is 0.824. The summed E-state index contributed by atoms with van der Waals surface area (Å²) in [6, 6.07) is 0. The lowest BCUT2D eigenvalue weighted by molar-refractivity contribution is 0.0792. The lowest BCUT2D eigenvalue weighted by Gasteiger charge is -2.47. The molecule has 3 atom stereocenters. The average molecular weight is 295 g/mol. The van der Waals surface area contributed by atoms with Crippen LogP contribution in [0.3, 0.4) is 0 Å². The van der Waals surface area contributed by atoms with Crippen LogP contribution in [-0.4, -0.2) is 12.0 Å². The Bertz CT molecular complexity index is 438. The molecule has 0 aliphatic heterocycles. The number of nitrogens with zero attached hydrogens (tertiary/aromatic N) is 1. The zero-order valence-corrected chi connectivity index (χ0v) is 14.7. The summed E-state index contributed by atoms with van der Waals surface area (Å²) in [6.45, 7) is 11.6. The van der Waals surface area contributed by atoms with Crippen molar-refractivity contribution in [3.63, 3.8) is 0 Å². The molecule has 2 rings (SSSR count). The van der Waals surface area contributed by atoms with Gasteiger partial charge in [0.15, 0.2) is 0 Å². The third kappa shape index (κ3) is 2.80. The van der Waals surface area contributed by atoms with Crippen molar-refractivity contribution in [2.24, 2.45) is 17.8 Å². The smallest absolute Gasteiger partial charge is 0.113 e. The third-order valence-electron chi connectivity index (χ3n) is 5.02. The second-order valence-electron chi connectivity index (χ2n) is 7.19. The minimum Gasteiger partial charge on any atom is -0.308 e. The maximum absolute atomic E-state index is 5.00. The summed E-state index contributed by atoms with van der Waals surface area (Å²) in [4.78, 5) is 5.00. The number of nitrogens with one attached hydrogen (secondary N) is 1. The van der Waals surface area contributed by atoms with Gasteiger partial charge in [-0.15, -0.1) is 11.3 Å². The molecule has 1 aliphatic carbocycles. The molecule has 0 spiro atoms. The molecule has 114 valence electrons. The van der Waals surface area contributed by atoms with E-state index < -0.39 is 0 Å². The van der Waals surface area contributed by atoms with Gasteiger partial charge < -0.3 is 5.32 Å². The first kappa shape index (κ1) is 16.0. The molecule has 3 heteroatoms. The molecule has 0 radical (unpaired) electrons. The fourth-order valence-corrected chi connectivity index (χ4v) is 5.07. The first-order valence-electron chi connectivity index (χ1n) is 8.05. The largest absolute Gasteiger partial charge is 0.308 e. The van der Waals surface area contributed by atoms with Crippen molar-refractivity contribution in [1.29, 1.82) is 0 Å². The minimum absolute atomic E-state index is 0.0869. The van der Waals surface area contributed by atoms with Crippen LogP contribution in [0.5, 0.6) is 0 Å². The van der Waals surface area contributed by atoms with E-state index in [9.17, 15) is 0 Å². The highest BCUT2D eigenvalue weighted by Crippen LogP contribution is 2.48. The lowest BCUT2D eigenvalue weighted by Crippen LogP contribution is -2.52. The number of rotatable bonds is 4. The van der Waals surface area contributed by atoms with E-state index >= 15 is 0 Å². The fourth-order valence-electron chi connectivity index (χ4n) is 3.81. The van der Waals surface area contributed by atoms with Crippen LogP contribution in [0.4, 0.5) is 0 Å². The Morgan fingerprint density at radius 2 is 2.00 bits per heavy atom. The monoisotopic (exact) mass is 294 g/mol. The van der Waals surface area contributed by atoms with E-state index in [-0.39, 0.29) is 5.54 Å². The molecule has 1 aliphatic rings. The number of hydrogen-bond acceptors (Lipinski definition) is 3. The van der Waals surface area contributed by atoms with E-state index in [2.05, 4.69) is 52.4 Å². The van der Waals surface area contributed by atoms with E-state index in [1.165, 1.54) is 30.0 Å². The van der Waals surface area contributed by atoms with Crippen LogP contribution in [0.2, 0.25) is 0 Å². The molecule has 3 unspecified atom stereocenters. The van der Waals surface area contributed by atoms with Crippen molar-refractivity contribution in [3.8, 4) is 0 Å². The van der Waals surface area contributed by atoms with Crippen LogP contribution in [0.1, 0.15) is 70.5 Å². The van der Waals surface area contributed by atoms with E-state index in [1.807, 2.05) is 11.3 Å². The molecule has 1 fully saturated rings. The molecule has 0 aromatic carbocycles. The Balaban J connectivity index is 2.41. The molecule has 2 nitrogen and oxygen atoms in total. The molecular weight excluding hydrogens is 264 g/mol. The van der Waals surface area contributed by atoms with Gasteiger partial charge in [-0.2, -0.15) is 0 Å². The highest BCUT2D eigenvalue weighted by atomic mass is 32.1. The van der Waals surface area contributed by atoms with Gasteiger partial charge in [-0.1, -0.05) is 41.0 Å². The van der Waals surface area contributed by atoms with Gasteiger partial charge in [0.05, 0.1) is 11.2 Å². The third-order valence-corrected chi connectivity index (χ3v) is 6.06. The SMILES string of the molecule is CNC1(c2nc(C(C)C)cs2)CC(C)CCC1C(C)C. The van der Waals surface area contributed by atoms with Gasteiger partial charge in [-0.05, 0) is 43.6 Å². The number of thiazole rings is 1. The second-order valence-corrected chi connectivity index (χ2v) is 8.05. The highest BCUT2D eigenvalue weighted by molar-refractivity contribution is 7.09. The molecule has 1 heterocycles. The van der Waals surface area contributed by atoms with Gasteiger partial charge in [0, 0.05) is 5.38 Å². The van der Waals surface area contributed by atoms with Crippen LogP contribution in [-0.2, 0) is 5.54 Å². The Labute approximate surface area is 128 Å². The summed E-state index contributed by atoms with van der Waals surface area (Å²) >= 11 is 1.86. The quantitative estimate of drug-likeness (QED) is 0.865. The summed E-state index contributed by atoms with van der Waals surface area (Å²) < 4.78 is 0. The molecule has 0 bridgehead atoms. The summed E-state index contributed by atoms with van der Waals surface area (Å²) in [7, 11) is 2.13. The molecular formula is C17H30N2S. The Hall–Kier alpha value is -0.410. The zero-order valence-electron chi connectivity index (χ0n) is 13.9. The van der Waals surface area contributed by atoms with Crippen molar-refractivity contribution < 1.29 is 0 Å². The van der Waals surface area contributed by atoms with Crippen molar-refractivity contribution in [2.75, 3.05) is 7.05 Å². The standard InChI is InChI=1S/C17H30N2S/c1-11(2)14-8-7-13(5)9-17(14,18-6)16-19-15(10-20-16)12(3)4/h10-14,18H,7-9H2,1-6H3. The molecule has 0 amide bonds. The van der Waals surface area contributed by atoms with Gasteiger partial charge in [0.2, 0.25) is 0 Å². The number of hydrogen-bond donors (Lipinski definition) is 1. The normalized spacial score (nSPS) is 31.2. The van der Waals surface area contributed by atoms with Crippen molar-refractivity contribution in [2.45, 2.75) is 65.3 Å². The van der Waals surface area contributed by atoms with Crippen molar-refractivity contribution in [1.82, 2.24) is 10.3 Å². The maximum Gasteiger partial charge on any atom is 0.113 e. The molecule has 20 heavy (non-hydrogen) atoms. The molecule has 1 aromatic heterocycles. The summed E-state index contributed by atoms with van der Waals surface area (Å²) in [5, 5.41) is 7.27. The predicted octanol–water partition coefficient (Wildman–Crippen LogP) is 4.77. The second kappa shape index (κ2) is 6.15. The van der Waals surface area contributed by atoms with Crippen LogP contribution in [0.15, 0.2) is 5.38 Å². The molecule has 0 saturated heterocycles. The minimum atomic E-state index is 0.0869. The lowest BCUT2D eigenvalue weighted by atomic mass is 9.65. The van der Waals surface area contributed by atoms with E-state index in [0.29, 0.717) is 17.8 Å².